The standard InChI is InChI=1S/C27H41ClO9/c1-10-14(3)24(31)36-19(13-21(30)26(7,8)33)16(5)18-12-20(28)27(9,34)23(35-17(6)29)22(18)37-25(32)15(4)11-2/h10-11,18-23,30,33-34H,5,12-13H2,1-4,6-9H3. The minimum Gasteiger partial charge on any atom is -0.455 e. The average molecular weight is 545 g/mol. The number of halogens is 1. The van der Waals surface area contributed by atoms with E-state index in [9.17, 15) is 29.7 Å². The first-order valence-corrected chi connectivity index (χ1v) is 12.6. The summed E-state index contributed by atoms with van der Waals surface area (Å²) >= 11 is 6.54. The third kappa shape index (κ3) is 8.40. The van der Waals surface area contributed by atoms with Crippen LogP contribution < -0.4 is 0 Å². The van der Waals surface area contributed by atoms with Crippen molar-refractivity contribution in [2.24, 2.45) is 5.92 Å². The number of aliphatic hydroxyl groups excluding tert-OH is 1. The van der Waals surface area contributed by atoms with E-state index in [4.69, 9.17) is 25.8 Å². The molecule has 1 rings (SSSR count). The first-order valence-electron chi connectivity index (χ1n) is 12.2. The molecule has 1 fully saturated rings. The first kappa shape index (κ1) is 32.8. The van der Waals surface area contributed by atoms with Gasteiger partial charge in [-0.2, -0.15) is 0 Å². The van der Waals surface area contributed by atoms with E-state index in [0.29, 0.717) is 5.57 Å². The van der Waals surface area contributed by atoms with Crippen molar-refractivity contribution in [3.63, 3.8) is 0 Å². The van der Waals surface area contributed by atoms with Crippen LogP contribution in [0, 0.1) is 5.92 Å². The van der Waals surface area contributed by atoms with Gasteiger partial charge < -0.3 is 29.5 Å². The lowest BCUT2D eigenvalue weighted by molar-refractivity contribution is -0.203. The van der Waals surface area contributed by atoms with Crippen molar-refractivity contribution in [1.82, 2.24) is 0 Å². The molecular formula is C27H41ClO9. The lowest BCUT2D eigenvalue weighted by Crippen LogP contribution is -2.63. The third-order valence-electron chi connectivity index (χ3n) is 6.80. The highest BCUT2D eigenvalue weighted by Crippen LogP contribution is 2.44. The Bertz CT molecular complexity index is 929. The smallest absolute Gasteiger partial charge is 0.333 e. The van der Waals surface area contributed by atoms with Crippen molar-refractivity contribution >= 4 is 29.5 Å². The normalized spacial score (nSPS) is 28.6. The molecule has 1 aliphatic rings. The molecule has 0 amide bonds. The zero-order chi connectivity index (χ0) is 28.9. The van der Waals surface area contributed by atoms with Crippen LogP contribution in [-0.4, -0.2) is 74.2 Å². The number of aliphatic hydroxyl groups is 3. The van der Waals surface area contributed by atoms with Gasteiger partial charge in [-0.3, -0.25) is 4.79 Å². The molecule has 0 spiro atoms. The van der Waals surface area contributed by atoms with Gasteiger partial charge >= 0.3 is 17.9 Å². The Kier molecular flexibility index (Phi) is 11.6. The Balaban J connectivity index is 3.60. The highest BCUT2D eigenvalue weighted by atomic mass is 35.5. The van der Waals surface area contributed by atoms with Crippen LogP contribution in [0.4, 0.5) is 0 Å². The number of hydrogen-bond acceptors (Lipinski definition) is 9. The van der Waals surface area contributed by atoms with Gasteiger partial charge in [-0.15, -0.1) is 11.6 Å². The highest BCUT2D eigenvalue weighted by Gasteiger charge is 2.56. The number of carbonyl (C=O) groups is 3. The van der Waals surface area contributed by atoms with Gasteiger partial charge in [0, 0.05) is 30.4 Å². The predicted molar refractivity (Wildman–Crippen MR) is 139 cm³/mol. The van der Waals surface area contributed by atoms with Crippen LogP contribution in [0.25, 0.3) is 0 Å². The van der Waals surface area contributed by atoms with Crippen LogP contribution in [-0.2, 0) is 28.6 Å². The van der Waals surface area contributed by atoms with Crippen molar-refractivity contribution in [3.05, 3.63) is 35.5 Å². The monoisotopic (exact) mass is 544 g/mol. The van der Waals surface area contributed by atoms with Crippen LogP contribution in [0.2, 0.25) is 0 Å². The molecule has 0 aromatic rings. The molecule has 1 aliphatic carbocycles. The number of alkyl halides is 1. The summed E-state index contributed by atoms with van der Waals surface area (Å²) < 4.78 is 16.8. The number of rotatable bonds is 10. The summed E-state index contributed by atoms with van der Waals surface area (Å²) in [6.07, 6.45) is -2.17. The summed E-state index contributed by atoms with van der Waals surface area (Å²) in [5.74, 6) is -2.95. The minimum atomic E-state index is -1.78. The average Bonchev–Trinajstić information content (AvgIpc) is 2.80. The second-order valence-electron chi connectivity index (χ2n) is 10.3. The van der Waals surface area contributed by atoms with Gasteiger partial charge in [-0.05, 0) is 60.5 Å². The highest BCUT2D eigenvalue weighted by molar-refractivity contribution is 6.21. The predicted octanol–water partition coefficient (Wildman–Crippen LogP) is 3.13. The fourth-order valence-electron chi connectivity index (χ4n) is 3.87. The van der Waals surface area contributed by atoms with Gasteiger partial charge in [0.25, 0.3) is 0 Å². The largest absolute Gasteiger partial charge is 0.455 e. The van der Waals surface area contributed by atoms with Crippen LogP contribution in [0.15, 0.2) is 35.5 Å². The molecule has 210 valence electrons. The van der Waals surface area contributed by atoms with Crippen molar-refractivity contribution in [3.8, 4) is 0 Å². The van der Waals surface area contributed by atoms with Crippen molar-refractivity contribution < 1.29 is 43.9 Å². The summed E-state index contributed by atoms with van der Waals surface area (Å²) in [7, 11) is 0. The Morgan fingerprint density at radius 2 is 1.62 bits per heavy atom. The molecule has 9 nitrogen and oxygen atoms in total. The van der Waals surface area contributed by atoms with Gasteiger partial charge in [-0.25, -0.2) is 9.59 Å². The number of ether oxygens (including phenoxy) is 3. The molecule has 3 N–H and O–H groups in total. The molecule has 1 saturated carbocycles. The Labute approximate surface area is 224 Å². The SMILES string of the molecule is C=C(C(CC(O)C(C)(C)O)OC(=O)C(C)=CC)C1CC(Cl)C(C)(O)C(OC(C)=O)C1OC(=O)C(C)=CC. The molecule has 0 saturated heterocycles. The molecule has 7 atom stereocenters. The molecular weight excluding hydrogens is 504 g/mol. The van der Waals surface area contributed by atoms with Crippen molar-refractivity contribution in [2.75, 3.05) is 0 Å². The van der Waals surface area contributed by atoms with Gasteiger partial charge in [0.1, 0.15) is 17.8 Å². The zero-order valence-corrected chi connectivity index (χ0v) is 23.7. The summed E-state index contributed by atoms with van der Waals surface area (Å²) in [6.45, 7) is 15.9. The molecule has 7 unspecified atom stereocenters. The lowest BCUT2D eigenvalue weighted by Gasteiger charge is -2.48. The van der Waals surface area contributed by atoms with E-state index >= 15 is 0 Å². The maximum absolute atomic E-state index is 12.8. The van der Waals surface area contributed by atoms with E-state index in [1.165, 1.54) is 20.8 Å². The van der Waals surface area contributed by atoms with E-state index in [-0.39, 0.29) is 24.0 Å². The number of allylic oxidation sites excluding steroid dienone is 2. The number of esters is 3. The van der Waals surface area contributed by atoms with Crippen molar-refractivity contribution in [1.29, 1.82) is 0 Å². The Morgan fingerprint density at radius 1 is 1.11 bits per heavy atom. The zero-order valence-electron chi connectivity index (χ0n) is 22.9. The molecule has 10 heteroatoms. The fraction of sp³-hybridized carbons (Fsp3) is 0.667. The first-order chi connectivity index (χ1) is 16.9. The minimum absolute atomic E-state index is 0.0211. The topological polar surface area (TPSA) is 140 Å². The molecule has 0 aromatic carbocycles. The summed E-state index contributed by atoms with van der Waals surface area (Å²) in [4.78, 5) is 37.4. The van der Waals surface area contributed by atoms with E-state index in [2.05, 4.69) is 6.58 Å². The van der Waals surface area contributed by atoms with E-state index < -0.39 is 64.8 Å². The molecule has 37 heavy (non-hydrogen) atoms. The van der Waals surface area contributed by atoms with Crippen LogP contribution >= 0.6 is 11.6 Å². The van der Waals surface area contributed by atoms with E-state index in [0.717, 1.165) is 6.92 Å². The molecule has 0 radical (unpaired) electrons. The Hall–Kier alpha value is -2.20. The fourth-order valence-corrected chi connectivity index (χ4v) is 4.18. The molecule has 0 bridgehead atoms. The summed E-state index contributed by atoms with van der Waals surface area (Å²) in [6, 6.07) is 0. The van der Waals surface area contributed by atoms with Gasteiger partial charge in [-0.1, -0.05) is 18.7 Å². The molecule has 0 aromatic heterocycles. The van der Waals surface area contributed by atoms with E-state index in [1.807, 2.05) is 0 Å². The molecule has 0 heterocycles. The van der Waals surface area contributed by atoms with Crippen LogP contribution in [0.1, 0.15) is 68.2 Å². The van der Waals surface area contributed by atoms with E-state index in [1.54, 1.807) is 39.8 Å². The summed E-state index contributed by atoms with van der Waals surface area (Å²) in [5.41, 5.74) is -2.50. The summed E-state index contributed by atoms with van der Waals surface area (Å²) in [5, 5.41) is 31.1. The van der Waals surface area contributed by atoms with Gasteiger partial charge in [0.15, 0.2) is 6.10 Å². The maximum Gasteiger partial charge on any atom is 0.333 e. The number of hydrogen-bond donors (Lipinski definition) is 3. The second kappa shape index (κ2) is 13.0. The van der Waals surface area contributed by atoms with Crippen LogP contribution in [0.5, 0.6) is 0 Å². The maximum atomic E-state index is 12.8. The van der Waals surface area contributed by atoms with Crippen molar-refractivity contribution in [2.45, 2.75) is 109 Å². The Morgan fingerprint density at radius 3 is 2.08 bits per heavy atom. The molecule has 0 aliphatic heterocycles. The quantitative estimate of drug-likeness (QED) is 0.124. The van der Waals surface area contributed by atoms with Crippen LogP contribution in [0.3, 0.4) is 0 Å². The number of carbonyl (C=O) groups excluding carboxylic acids is 3. The third-order valence-corrected chi connectivity index (χ3v) is 7.42. The second-order valence-corrected chi connectivity index (χ2v) is 10.8. The lowest BCUT2D eigenvalue weighted by atomic mass is 9.70. The van der Waals surface area contributed by atoms with Gasteiger partial charge in [0.2, 0.25) is 0 Å². The van der Waals surface area contributed by atoms with Gasteiger partial charge in [0.05, 0.1) is 17.1 Å².